The van der Waals surface area contributed by atoms with E-state index in [9.17, 15) is 14.9 Å². The van der Waals surface area contributed by atoms with Gasteiger partial charge in [-0.05, 0) is 31.2 Å². The largest absolute Gasteiger partial charge is 0.444 e. The second-order valence-electron chi connectivity index (χ2n) is 5.33. The van der Waals surface area contributed by atoms with Crippen molar-refractivity contribution in [3.63, 3.8) is 0 Å². The van der Waals surface area contributed by atoms with Crippen molar-refractivity contribution in [1.29, 1.82) is 0 Å². The Morgan fingerprint density at radius 3 is 2.69 bits per heavy atom. The van der Waals surface area contributed by atoms with Crippen molar-refractivity contribution in [3.8, 4) is 11.5 Å². The van der Waals surface area contributed by atoms with E-state index in [0.717, 1.165) is 0 Å². The van der Waals surface area contributed by atoms with Crippen LogP contribution in [0.25, 0.3) is 11.5 Å². The highest BCUT2D eigenvalue weighted by Crippen LogP contribution is 2.29. The van der Waals surface area contributed by atoms with Crippen molar-refractivity contribution in [2.45, 2.75) is 6.92 Å². The van der Waals surface area contributed by atoms with Crippen LogP contribution in [0, 0.1) is 17.0 Å². The first-order valence-corrected chi connectivity index (χ1v) is 8.08. The van der Waals surface area contributed by atoms with Gasteiger partial charge >= 0.3 is 0 Å². The van der Waals surface area contributed by atoms with Crippen LogP contribution in [0.3, 0.4) is 0 Å². The molecule has 26 heavy (non-hydrogen) atoms. The topological polar surface area (TPSA) is 98.3 Å². The fraction of sp³-hybridized carbons (Fsp3) is 0.0588. The number of anilines is 1. The van der Waals surface area contributed by atoms with Gasteiger partial charge in [0.2, 0.25) is 5.89 Å². The lowest BCUT2D eigenvalue weighted by molar-refractivity contribution is -0.385. The van der Waals surface area contributed by atoms with Gasteiger partial charge in [-0.1, -0.05) is 29.3 Å². The number of aromatic nitrogens is 1. The number of rotatable bonds is 4. The van der Waals surface area contributed by atoms with E-state index >= 15 is 0 Å². The monoisotopic (exact) mass is 391 g/mol. The highest BCUT2D eigenvalue weighted by Gasteiger charge is 2.18. The lowest BCUT2D eigenvalue weighted by Crippen LogP contribution is -2.13. The van der Waals surface area contributed by atoms with Gasteiger partial charge in [0.15, 0.2) is 5.69 Å². The Morgan fingerprint density at radius 1 is 1.23 bits per heavy atom. The lowest BCUT2D eigenvalue weighted by atomic mass is 10.1. The van der Waals surface area contributed by atoms with Gasteiger partial charge in [0, 0.05) is 11.6 Å². The zero-order valence-corrected chi connectivity index (χ0v) is 14.8. The molecule has 0 atom stereocenters. The van der Waals surface area contributed by atoms with Crippen molar-refractivity contribution in [1.82, 2.24) is 4.98 Å². The van der Waals surface area contributed by atoms with Crippen LogP contribution in [0.2, 0.25) is 10.0 Å². The number of oxazole rings is 1. The standard InChI is InChI=1S/C17H11Cl2N3O4/c1-9-13(3-2-4-15(9)22(24)25)20-16(23)14-8-26-17(21-14)10-5-6-11(18)12(19)7-10/h2-8H,1H3,(H,20,23). The van der Waals surface area contributed by atoms with Gasteiger partial charge < -0.3 is 9.73 Å². The van der Waals surface area contributed by atoms with Gasteiger partial charge in [0.05, 0.1) is 26.2 Å². The van der Waals surface area contributed by atoms with Crippen molar-refractivity contribution < 1.29 is 14.1 Å². The van der Waals surface area contributed by atoms with Gasteiger partial charge in [-0.3, -0.25) is 14.9 Å². The molecule has 0 saturated heterocycles. The smallest absolute Gasteiger partial charge is 0.277 e. The number of halogens is 2. The zero-order chi connectivity index (χ0) is 18.8. The molecule has 3 rings (SSSR count). The van der Waals surface area contributed by atoms with Crippen LogP contribution in [0.5, 0.6) is 0 Å². The fourth-order valence-corrected chi connectivity index (χ4v) is 2.58. The Morgan fingerprint density at radius 2 is 2.00 bits per heavy atom. The van der Waals surface area contributed by atoms with Crippen molar-refractivity contribution >= 4 is 40.5 Å². The van der Waals surface area contributed by atoms with E-state index in [-0.39, 0.29) is 17.3 Å². The highest BCUT2D eigenvalue weighted by molar-refractivity contribution is 6.42. The third-order valence-electron chi connectivity index (χ3n) is 3.65. The normalized spacial score (nSPS) is 10.6. The summed E-state index contributed by atoms with van der Waals surface area (Å²) in [5, 5.41) is 14.3. The molecule has 132 valence electrons. The first-order valence-electron chi connectivity index (χ1n) is 7.33. The van der Waals surface area contributed by atoms with Gasteiger partial charge in [-0.25, -0.2) is 4.98 Å². The summed E-state index contributed by atoms with van der Waals surface area (Å²) in [5.41, 5.74) is 1.17. The molecule has 0 aliphatic heterocycles. The Labute approximate surface area is 157 Å². The molecule has 1 amide bonds. The van der Waals surface area contributed by atoms with E-state index < -0.39 is 10.8 Å². The molecule has 2 aromatic carbocycles. The zero-order valence-electron chi connectivity index (χ0n) is 13.3. The van der Waals surface area contributed by atoms with Gasteiger partial charge in [0.1, 0.15) is 6.26 Å². The summed E-state index contributed by atoms with van der Waals surface area (Å²) >= 11 is 11.8. The van der Waals surface area contributed by atoms with E-state index in [1.807, 2.05) is 0 Å². The Hall–Kier alpha value is -2.90. The fourth-order valence-electron chi connectivity index (χ4n) is 2.28. The number of nitrogens with zero attached hydrogens (tertiary/aromatic N) is 2. The van der Waals surface area contributed by atoms with E-state index in [0.29, 0.717) is 26.9 Å². The molecule has 0 saturated carbocycles. The average Bonchev–Trinajstić information content (AvgIpc) is 3.09. The summed E-state index contributed by atoms with van der Waals surface area (Å²) in [5.74, 6) is -0.354. The summed E-state index contributed by atoms with van der Waals surface area (Å²) < 4.78 is 5.31. The molecule has 3 aromatic rings. The minimum absolute atomic E-state index is 0.0250. The second-order valence-corrected chi connectivity index (χ2v) is 6.14. The van der Waals surface area contributed by atoms with E-state index in [1.54, 1.807) is 31.2 Å². The number of nitrogens with one attached hydrogen (secondary N) is 1. The number of hydrogen-bond donors (Lipinski definition) is 1. The maximum atomic E-state index is 12.4. The lowest BCUT2D eigenvalue weighted by Gasteiger charge is -2.06. The van der Waals surface area contributed by atoms with Crippen LogP contribution in [-0.2, 0) is 0 Å². The number of amides is 1. The molecule has 0 spiro atoms. The van der Waals surface area contributed by atoms with E-state index in [1.165, 1.54) is 18.4 Å². The van der Waals surface area contributed by atoms with E-state index in [4.69, 9.17) is 27.6 Å². The Balaban J connectivity index is 1.84. The van der Waals surface area contributed by atoms with E-state index in [2.05, 4.69) is 10.3 Å². The third-order valence-corrected chi connectivity index (χ3v) is 4.39. The quantitative estimate of drug-likeness (QED) is 0.491. The second kappa shape index (κ2) is 7.15. The molecule has 1 heterocycles. The maximum absolute atomic E-state index is 12.4. The summed E-state index contributed by atoms with van der Waals surface area (Å²) in [6.45, 7) is 1.55. The molecular weight excluding hydrogens is 381 g/mol. The maximum Gasteiger partial charge on any atom is 0.277 e. The molecule has 1 aromatic heterocycles. The van der Waals surface area contributed by atoms with Crippen LogP contribution in [-0.4, -0.2) is 15.8 Å². The molecule has 0 bridgehead atoms. The molecular formula is C17H11Cl2N3O4. The average molecular weight is 392 g/mol. The summed E-state index contributed by atoms with van der Waals surface area (Å²) in [6.07, 6.45) is 1.19. The molecule has 1 N–H and O–H groups in total. The van der Waals surface area contributed by atoms with Gasteiger partial charge in [0.25, 0.3) is 11.6 Å². The number of carbonyl (C=O) groups excluding carboxylic acids is 1. The van der Waals surface area contributed by atoms with Crippen molar-refractivity contribution in [2.75, 3.05) is 5.32 Å². The van der Waals surface area contributed by atoms with Crippen LogP contribution < -0.4 is 5.32 Å². The first kappa shape index (κ1) is 17.9. The third kappa shape index (κ3) is 3.54. The predicted molar refractivity (Wildman–Crippen MR) is 97.7 cm³/mol. The Bertz CT molecular complexity index is 1020. The number of nitro groups is 1. The number of nitro benzene ring substituents is 1. The number of benzene rings is 2. The summed E-state index contributed by atoms with van der Waals surface area (Å²) in [7, 11) is 0. The molecule has 0 aliphatic carbocycles. The number of carbonyl (C=O) groups is 1. The molecule has 0 aliphatic rings. The van der Waals surface area contributed by atoms with Crippen LogP contribution in [0.1, 0.15) is 16.1 Å². The van der Waals surface area contributed by atoms with Crippen molar-refractivity contribution in [3.05, 3.63) is 74.1 Å². The molecule has 9 heteroatoms. The predicted octanol–water partition coefficient (Wildman–Crippen LogP) is 5.12. The molecule has 0 unspecified atom stereocenters. The molecule has 0 radical (unpaired) electrons. The van der Waals surface area contributed by atoms with Crippen LogP contribution in [0.15, 0.2) is 47.1 Å². The van der Waals surface area contributed by atoms with Crippen LogP contribution >= 0.6 is 23.2 Å². The summed E-state index contributed by atoms with van der Waals surface area (Å²) in [4.78, 5) is 27.0. The SMILES string of the molecule is Cc1c(NC(=O)c2coc(-c3ccc(Cl)c(Cl)c3)n2)cccc1[N+](=O)[O-]. The van der Waals surface area contributed by atoms with Crippen LogP contribution in [0.4, 0.5) is 11.4 Å². The van der Waals surface area contributed by atoms with Gasteiger partial charge in [-0.15, -0.1) is 0 Å². The first-order chi connectivity index (χ1) is 12.4. The highest BCUT2D eigenvalue weighted by atomic mass is 35.5. The molecule has 7 nitrogen and oxygen atoms in total. The number of hydrogen-bond acceptors (Lipinski definition) is 5. The Kier molecular flexibility index (Phi) is 4.92. The van der Waals surface area contributed by atoms with Gasteiger partial charge in [-0.2, -0.15) is 0 Å². The minimum Gasteiger partial charge on any atom is -0.444 e. The minimum atomic E-state index is -0.552. The molecule has 0 fully saturated rings. The van der Waals surface area contributed by atoms with Crippen molar-refractivity contribution in [2.24, 2.45) is 0 Å². The summed E-state index contributed by atoms with van der Waals surface area (Å²) in [6, 6.07) is 9.25.